The molecule has 4 aromatic rings. The Kier molecular flexibility index (Phi) is 5.30. The van der Waals surface area contributed by atoms with Crippen molar-refractivity contribution in [2.75, 3.05) is 17.3 Å². The van der Waals surface area contributed by atoms with E-state index in [0.717, 1.165) is 22.2 Å². The Balaban J connectivity index is 1.44. The van der Waals surface area contributed by atoms with Crippen molar-refractivity contribution >= 4 is 34.5 Å². The Hall–Kier alpha value is -4.13. The quantitative estimate of drug-likeness (QED) is 0.480. The fraction of sp³-hybridized carbons (Fsp3) is 0.192. The van der Waals surface area contributed by atoms with Crippen LogP contribution in [0.3, 0.4) is 0 Å². The molecule has 2 heterocycles. The lowest BCUT2D eigenvalue weighted by molar-refractivity contribution is -0.124. The molecule has 1 aliphatic rings. The number of fused-ring (bicyclic) bond motifs is 3. The predicted molar refractivity (Wildman–Crippen MR) is 127 cm³/mol. The van der Waals surface area contributed by atoms with E-state index in [9.17, 15) is 9.59 Å². The Bertz CT molecular complexity index is 1340. The number of rotatable bonds is 6. The zero-order valence-electron chi connectivity index (χ0n) is 18.5. The molecule has 1 unspecified atom stereocenters. The number of amides is 2. The summed E-state index contributed by atoms with van der Waals surface area (Å²) >= 11 is 0. The second-order valence-electron chi connectivity index (χ2n) is 8.18. The van der Waals surface area contributed by atoms with Gasteiger partial charge in [0.2, 0.25) is 11.9 Å². The number of aryl methyl sites for hydroxylation is 1. The standard InChI is InChI=1S/C26H24N4O3/c1-17-6-5-7-18(14-17)16-29-25(32)23(30-22-9-4-3-8-21(22)28-26(29)30)15-24(31)27-19-10-12-20(33-2)13-11-19/h3-14,23H,15-16H2,1-2H3,(H,27,31). The first kappa shape index (κ1) is 20.8. The topological polar surface area (TPSA) is 76.5 Å². The van der Waals surface area contributed by atoms with Gasteiger partial charge in [-0.3, -0.25) is 19.1 Å². The highest BCUT2D eigenvalue weighted by Crippen LogP contribution is 2.37. The van der Waals surface area contributed by atoms with Gasteiger partial charge in [0.05, 0.1) is 31.1 Å². The van der Waals surface area contributed by atoms with Gasteiger partial charge in [-0.05, 0) is 48.9 Å². The first-order valence-electron chi connectivity index (χ1n) is 10.8. The van der Waals surface area contributed by atoms with Gasteiger partial charge in [0.25, 0.3) is 5.91 Å². The number of aromatic nitrogens is 2. The summed E-state index contributed by atoms with van der Waals surface area (Å²) in [4.78, 5) is 32.8. The van der Waals surface area contributed by atoms with Crippen molar-refractivity contribution in [3.05, 3.63) is 83.9 Å². The molecule has 1 aromatic heterocycles. The number of benzene rings is 3. The van der Waals surface area contributed by atoms with Gasteiger partial charge in [0, 0.05) is 5.69 Å². The first-order valence-corrected chi connectivity index (χ1v) is 10.8. The van der Waals surface area contributed by atoms with Crippen molar-refractivity contribution in [2.24, 2.45) is 0 Å². The van der Waals surface area contributed by atoms with Crippen molar-refractivity contribution < 1.29 is 14.3 Å². The van der Waals surface area contributed by atoms with Gasteiger partial charge >= 0.3 is 0 Å². The molecule has 33 heavy (non-hydrogen) atoms. The summed E-state index contributed by atoms with van der Waals surface area (Å²) in [5.41, 5.74) is 4.44. The number of methoxy groups -OCH3 is 1. The van der Waals surface area contributed by atoms with E-state index in [0.29, 0.717) is 23.9 Å². The second-order valence-corrected chi connectivity index (χ2v) is 8.18. The monoisotopic (exact) mass is 440 g/mol. The van der Waals surface area contributed by atoms with Crippen molar-refractivity contribution in [3.8, 4) is 5.75 Å². The molecular weight excluding hydrogens is 416 g/mol. The molecule has 3 aromatic carbocycles. The average molecular weight is 441 g/mol. The Labute approximate surface area is 191 Å². The fourth-order valence-corrected chi connectivity index (χ4v) is 4.30. The number of para-hydroxylation sites is 2. The zero-order valence-corrected chi connectivity index (χ0v) is 18.5. The molecule has 0 radical (unpaired) electrons. The van der Waals surface area contributed by atoms with E-state index in [4.69, 9.17) is 9.72 Å². The van der Waals surface area contributed by atoms with Crippen LogP contribution in [0.25, 0.3) is 11.0 Å². The summed E-state index contributed by atoms with van der Waals surface area (Å²) in [6.45, 7) is 2.43. The minimum absolute atomic E-state index is 0.0164. The van der Waals surface area contributed by atoms with Gasteiger partial charge in [0.1, 0.15) is 11.8 Å². The molecule has 7 nitrogen and oxygen atoms in total. The summed E-state index contributed by atoms with van der Waals surface area (Å²) in [5, 5.41) is 2.88. The SMILES string of the molecule is COc1ccc(NC(=O)CC2C(=O)N(Cc3cccc(C)c3)c3nc4ccccc4n32)cc1. The van der Waals surface area contributed by atoms with Gasteiger partial charge < -0.3 is 10.1 Å². The lowest BCUT2D eigenvalue weighted by atomic mass is 10.1. The fourth-order valence-electron chi connectivity index (χ4n) is 4.30. The van der Waals surface area contributed by atoms with Crippen molar-refractivity contribution in [1.82, 2.24) is 9.55 Å². The third-order valence-corrected chi connectivity index (χ3v) is 5.86. The molecule has 1 aliphatic heterocycles. The maximum Gasteiger partial charge on any atom is 0.253 e. The third-order valence-electron chi connectivity index (χ3n) is 5.86. The lowest BCUT2D eigenvalue weighted by Gasteiger charge is -2.16. The molecular formula is C26H24N4O3. The molecule has 1 N–H and O–H groups in total. The first-order chi connectivity index (χ1) is 16.0. The molecule has 0 spiro atoms. The van der Waals surface area contributed by atoms with Gasteiger partial charge in [-0.25, -0.2) is 4.98 Å². The number of hydrogen-bond donors (Lipinski definition) is 1. The predicted octanol–water partition coefficient (Wildman–Crippen LogP) is 4.47. The van der Waals surface area contributed by atoms with E-state index >= 15 is 0 Å². The van der Waals surface area contributed by atoms with Crippen molar-refractivity contribution in [3.63, 3.8) is 0 Å². The van der Waals surface area contributed by atoms with Crippen LogP contribution in [-0.4, -0.2) is 28.5 Å². The number of ether oxygens (including phenoxy) is 1. The van der Waals surface area contributed by atoms with Crippen LogP contribution in [0.2, 0.25) is 0 Å². The summed E-state index contributed by atoms with van der Waals surface area (Å²) in [7, 11) is 1.59. The van der Waals surface area contributed by atoms with Crippen LogP contribution in [0, 0.1) is 6.92 Å². The normalized spacial score (nSPS) is 15.0. The number of anilines is 2. The highest BCUT2D eigenvalue weighted by molar-refractivity contribution is 6.05. The maximum absolute atomic E-state index is 13.5. The molecule has 0 bridgehead atoms. The molecule has 7 heteroatoms. The summed E-state index contributed by atoms with van der Waals surface area (Å²) in [6.07, 6.45) is 0.0164. The number of carbonyl (C=O) groups is 2. The van der Waals surface area contributed by atoms with E-state index in [2.05, 4.69) is 11.4 Å². The molecule has 1 atom stereocenters. The Morgan fingerprint density at radius 3 is 2.61 bits per heavy atom. The summed E-state index contributed by atoms with van der Waals surface area (Å²) in [5.74, 6) is 0.916. The maximum atomic E-state index is 13.5. The molecule has 0 fully saturated rings. The number of carbonyl (C=O) groups excluding carboxylic acids is 2. The zero-order chi connectivity index (χ0) is 22.9. The van der Waals surface area contributed by atoms with E-state index < -0.39 is 6.04 Å². The van der Waals surface area contributed by atoms with E-state index in [1.54, 1.807) is 36.3 Å². The van der Waals surface area contributed by atoms with Crippen LogP contribution in [0.1, 0.15) is 23.6 Å². The number of nitrogens with one attached hydrogen (secondary N) is 1. The van der Waals surface area contributed by atoms with Crippen molar-refractivity contribution in [1.29, 1.82) is 0 Å². The smallest absolute Gasteiger partial charge is 0.253 e. The number of nitrogens with zero attached hydrogens (tertiary/aromatic N) is 3. The van der Waals surface area contributed by atoms with Crippen LogP contribution < -0.4 is 15.0 Å². The summed E-state index contributed by atoms with van der Waals surface area (Å²) < 4.78 is 7.05. The minimum atomic E-state index is -0.657. The van der Waals surface area contributed by atoms with Gasteiger partial charge in [-0.2, -0.15) is 0 Å². The Morgan fingerprint density at radius 2 is 1.85 bits per heavy atom. The van der Waals surface area contributed by atoms with Crippen LogP contribution in [0.4, 0.5) is 11.6 Å². The van der Waals surface area contributed by atoms with E-state index in [1.807, 2.05) is 54.0 Å². The third kappa shape index (κ3) is 3.93. The average Bonchev–Trinajstić information content (AvgIpc) is 3.30. The van der Waals surface area contributed by atoms with E-state index in [-0.39, 0.29) is 18.2 Å². The lowest BCUT2D eigenvalue weighted by Crippen LogP contribution is -2.31. The molecule has 2 amide bonds. The molecule has 0 saturated carbocycles. The van der Waals surface area contributed by atoms with Crippen LogP contribution >= 0.6 is 0 Å². The number of imidazole rings is 1. The van der Waals surface area contributed by atoms with Gasteiger partial charge in [-0.15, -0.1) is 0 Å². The van der Waals surface area contributed by atoms with Gasteiger partial charge in [-0.1, -0.05) is 42.0 Å². The largest absolute Gasteiger partial charge is 0.497 e. The van der Waals surface area contributed by atoms with Crippen LogP contribution in [0.5, 0.6) is 5.75 Å². The summed E-state index contributed by atoms with van der Waals surface area (Å²) in [6, 6.07) is 22.2. The Morgan fingerprint density at radius 1 is 1.06 bits per heavy atom. The molecule has 0 saturated heterocycles. The minimum Gasteiger partial charge on any atom is -0.497 e. The van der Waals surface area contributed by atoms with E-state index in [1.165, 1.54) is 0 Å². The van der Waals surface area contributed by atoms with Crippen LogP contribution in [0.15, 0.2) is 72.8 Å². The molecule has 166 valence electrons. The highest BCUT2D eigenvalue weighted by atomic mass is 16.5. The molecule has 5 rings (SSSR count). The number of hydrogen-bond acceptors (Lipinski definition) is 4. The highest BCUT2D eigenvalue weighted by Gasteiger charge is 2.40. The second kappa shape index (κ2) is 8.43. The van der Waals surface area contributed by atoms with Crippen molar-refractivity contribution in [2.45, 2.75) is 25.9 Å². The van der Waals surface area contributed by atoms with Crippen LogP contribution in [-0.2, 0) is 16.1 Å². The molecule has 0 aliphatic carbocycles. The van der Waals surface area contributed by atoms with Gasteiger partial charge in [0.15, 0.2) is 0 Å².